The Bertz CT molecular complexity index is 427. The second-order valence-electron chi connectivity index (χ2n) is 4.95. The Morgan fingerprint density at radius 1 is 1.37 bits per heavy atom. The Morgan fingerprint density at radius 2 is 2.00 bits per heavy atom. The average molecular weight is 264 g/mol. The number of carbonyl (C=O) groups is 1. The van der Waals surface area contributed by atoms with Crippen molar-refractivity contribution in [3.05, 3.63) is 29.8 Å². The number of rotatable bonds is 5. The monoisotopic (exact) mass is 264 g/mol. The highest BCUT2D eigenvalue weighted by atomic mass is 16.6. The van der Waals surface area contributed by atoms with E-state index in [2.05, 4.69) is 24.1 Å². The number of amides is 1. The summed E-state index contributed by atoms with van der Waals surface area (Å²) in [6.07, 6.45) is 1.02. The van der Waals surface area contributed by atoms with Gasteiger partial charge in [-0.05, 0) is 24.7 Å². The zero-order valence-electron chi connectivity index (χ0n) is 11.3. The van der Waals surface area contributed by atoms with E-state index in [1.165, 1.54) is 5.56 Å². The van der Waals surface area contributed by atoms with Crippen molar-refractivity contribution in [2.75, 3.05) is 14.2 Å². The highest BCUT2D eigenvalue weighted by Gasteiger charge is 2.34. The molecule has 1 saturated carbocycles. The normalized spacial score (nSPS) is 21.8. The molecule has 1 amide bonds. The van der Waals surface area contributed by atoms with E-state index in [1.807, 2.05) is 12.1 Å². The molecule has 19 heavy (non-hydrogen) atoms. The first-order valence-electron chi connectivity index (χ1n) is 6.37. The Balaban J connectivity index is 1.78. The van der Waals surface area contributed by atoms with E-state index < -0.39 is 6.09 Å². The molecule has 0 unspecified atom stereocenters. The molecule has 0 aromatic heterocycles. The minimum Gasteiger partial charge on any atom is -0.497 e. The van der Waals surface area contributed by atoms with Crippen molar-refractivity contribution < 1.29 is 14.3 Å². The van der Waals surface area contributed by atoms with Gasteiger partial charge in [0, 0.05) is 25.4 Å². The predicted molar refractivity (Wildman–Crippen MR) is 71.9 cm³/mol. The third-order valence-electron chi connectivity index (χ3n) is 3.57. The zero-order valence-corrected chi connectivity index (χ0v) is 11.3. The van der Waals surface area contributed by atoms with Gasteiger partial charge in [-0.3, -0.25) is 4.90 Å². The lowest BCUT2D eigenvalue weighted by Crippen LogP contribution is -2.47. The van der Waals surface area contributed by atoms with Gasteiger partial charge in [0.15, 0.2) is 0 Å². The van der Waals surface area contributed by atoms with Crippen LogP contribution in [0, 0.1) is 0 Å². The van der Waals surface area contributed by atoms with Crippen LogP contribution < -0.4 is 10.5 Å². The van der Waals surface area contributed by atoms with Crippen molar-refractivity contribution in [1.29, 1.82) is 0 Å². The van der Waals surface area contributed by atoms with Gasteiger partial charge in [-0.2, -0.15) is 0 Å². The lowest BCUT2D eigenvalue weighted by molar-refractivity contribution is -0.00275. The van der Waals surface area contributed by atoms with Crippen molar-refractivity contribution in [1.82, 2.24) is 4.90 Å². The predicted octanol–water partition coefficient (Wildman–Crippen LogP) is 1.75. The zero-order chi connectivity index (χ0) is 13.8. The number of ether oxygens (including phenoxy) is 2. The smallest absolute Gasteiger partial charge is 0.404 e. The van der Waals surface area contributed by atoms with Crippen LogP contribution in [0.25, 0.3) is 0 Å². The maximum Gasteiger partial charge on any atom is 0.404 e. The van der Waals surface area contributed by atoms with Gasteiger partial charge in [-0.1, -0.05) is 12.1 Å². The van der Waals surface area contributed by atoms with Gasteiger partial charge in [0.1, 0.15) is 11.9 Å². The van der Waals surface area contributed by atoms with Gasteiger partial charge in [0.2, 0.25) is 0 Å². The fourth-order valence-corrected chi connectivity index (χ4v) is 2.31. The van der Waals surface area contributed by atoms with E-state index in [0.29, 0.717) is 6.04 Å². The lowest BCUT2D eigenvalue weighted by atomic mass is 9.88. The summed E-state index contributed by atoms with van der Waals surface area (Å²) in [5.74, 6) is 0.866. The first-order valence-corrected chi connectivity index (χ1v) is 6.37. The third kappa shape index (κ3) is 3.61. The molecule has 0 spiro atoms. The number of primary amides is 1. The minimum atomic E-state index is -0.679. The summed E-state index contributed by atoms with van der Waals surface area (Å²) in [4.78, 5) is 12.9. The van der Waals surface area contributed by atoms with E-state index in [-0.39, 0.29) is 6.10 Å². The van der Waals surface area contributed by atoms with Gasteiger partial charge in [0.05, 0.1) is 7.11 Å². The molecule has 104 valence electrons. The van der Waals surface area contributed by atoms with Gasteiger partial charge in [-0.15, -0.1) is 0 Å². The van der Waals surface area contributed by atoms with Crippen molar-refractivity contribution in [3.8, 4) is 5.75 Å². The van der Waals surface area contributed by atoms with Crippen molar-refractivity contribution in [2.24, 2.45) is 5.73 Å². The molecule has 2 N–H and O–H groups in total. The Hall–Kier alpha value is -1.75. The summed E-state index contributed by atoms with van der Waals surface area (Å²) in [6.45, 7) is 0.873. The molecule has 0 aliphatic heterocycles. The molecule has 1 fully saturated rings. The highest BCUT2D eigenvalue weighted by Crippen LogP contribution is 2.28. The summed E-state index contributed by atoms with van der Waals surface area (Å²) < 4.78 is 10.1. The quantitative estimate of drug-likeness (QED) is 0.880. The van der Waals surface area contributed by atoms with E-state index in [0.717, 1.165) is 25.1 Å². The second-order valence-corrected chi connectivity index (χ2v) is 4.95. The number of methoxy groups -OCH3 is 1. The van der Waals surface area contributed by atoms with E-state index >= 15 is 0 Å². The standard InChI is InChI=1S/C14H20N2O3/c1-16(11-7-13(8-11)19-14(15)17)9-10-3-5-12(18-2)6-4-10/h3-6,11,13H,7-9H2,1-2H3,(H2,15,17). The molecule has 1 aromatic rings. The summed E-state index contributed by atoms with van der Waals surface area (Å²) >= 11 is 0. The SMILES string of the molecule is COc1ccc(CN(C)C2CC(OC(N)=O)C2)cc1. The first-order chi connectivity index (χ1) is 9.08. The summed E-state index contributed by atoms with van der Waals surface area (Å²) in [7, 11) is 3.74. The Kier molecular flexibility index (Phi) is 4.27. The molecule has 0 saturated heterocycles. The summed E-state index contributed by atoms with van der Waals surface area (Å²) in [5.41, 5.74) is 6.23. The maximum atomic E-state index is 10.6. The third-order valence-corrected chi connectivity index (χ3v) is 3.57. The van der Waals surface area contributed by atoms with Crippen LogP contribution in [0.1, 0.15) is 18.4 Å². The second kappa shape index (κ2) is 5.93. The largest absolute Gasteiger partial charge is 0.497 e. The number of hydrogen-bond donors (Lipinski definition) is 1. The van der Waals surface area contributed by atoms with Crippen LogP contribution in [0.2, 0.25) is 0 Å². The fraction of sp³-hybridized carbons (Fsp3) is 0.500. The molecule has 5 heteroatoms. The van der Waals surface area contributed by atoms with E-state index in [1.54, 1.807) is 7.11 Å². The van der Waals surface area contributed by atoms with Crippen LogP contribution >= 0.6 is 0 Å². The molecule has 1 aliphatic rings. The number of hydrogen-bond acceptors (Lipinski definition) is 4. The van der Waals surface area contributed by atoms with Crippen molar-refractivity contribution in [3.63, 3.8) is 0 Å². The molecule has 1 aliphatic carbocycles. The van der Waals surface area contributed by atoms with Crippen LogP contribution in [0.5, 0.6) is 5.75 Å². The molecule has 1 aromatic carbocycles. The average Bonchev–Trinajstić information content (AvgIpc) is 2.33. The molecule has 0 atom stereocenters. The summed E-state index contributed by atoms with van der Waals surface area (Å²) in [5, 5.41) is 0. The van der Waals surface area contributed by atoms with Crippen molar-refractivity contribution >= 4 is 6.09 Å². The van der Waals surface area contributed by atoms with Gasteiger partial charge in [-0.25, -0.2) is 4.79 Å². The lowest BCUT2D eigenvalue weighted by Gasteiger charge is -2.40. The van der Waals surface area contributed by atoms with E-state index in [4.69, 9.17) is 15.2 Å². The molecule has 0 bridgehead atoms. The fourth-order valence-electron chi connectivity index (χ4n) is 2.31. The molecular weight excluding hydrogens is 244 g/mol. The van der Waals surface area contributed by atoms with Crippen LogP contribution in [-0.2, 0) is 11.3 Å². The molecule has 0 radical (unpaired) electrons. The molecule has 0 heterocycles. The van der Waals surface area contributed by atoms with Gasteiger partial charge >= 0.3 is 6.09 Å². The minimum absolute atomic E-state index is 0.0131. The number of benzene rings is 1. The Morgan fingerprint density at radius 3 is 2.53 bits per heavy atom. The molecular formula is C14H20N2O3. The van der Waals surface area contributed by atoms with Crippen LogP contribution in [0.15, 0.2) is 24.3 Å². The van der Waals surface area contributed by atoms with Gasteiger partial charge < -0.3 is 15.2 Å². The van der Waals surface area contributed by atoms with Crippen molar-refractivity contribution in [2.45, 2.75) is 31.5 Å². The Labute approximate surface area is 113 Å². The van der Waals surface area contributed by atoms with Crippen LogP contribution in [-0.4, -0.2) is 37.3 Å². The van der Waals surface area contributed by atoms with Crippen LogP contribution in [0.3, 0.4) is 0 Å². The number of nitrogens with two attached hydrogens (primary N) is 1. The number of nitrogens with zero attached hydrogens (tertiary/aromatic N) is 1. The number of carbonyl (C=O) groups excluding carboxylic acids is 1. The maximum absolute atomic E-state index is 10.6. The summed E-state index contributed by atoms with van der Waals surface area (Å²) in [6, 6.07) is 8.49. The topological polar surface area (TPSA) is 64.8 Å². The van der Waals surface area contributed by atoms with E-state index in [9.17, 15) is 4.79 Å². The first kappa shape index (κ1) is 13.7. The molecule has 2 rings (SSSR count). The highest BCUT2D eigenvalue weighted by molar-refractivity contribution is 5.64. The molecule has 5 nitrogen and oxygen atoms in total. The van der Waals surface area contributed by atoms with Crippen LogP contribution in [0.4, 0.5) is 4.79 Å². The van der Waals surface area contributed by atoms with Gasteiger partial charge in [0.25, 0.3) is 0 Å².